The molecule has 0 heteroatoms. The van der Waals surface area contributed by atoms with Crippen molar-refractivity contribution in [2.75, 3.05) is 0 Å². The van der Waals surface area contributed by atoms with Crippen LogP contribution in [0.4, 0.5) is 0 Å². The van der Waals surface area contributed by atoms with Crippen molar-refractivity contribution in [3.63, 3.8) is 0 Å². The summed E-state index contributed by atoms with van der Waals surface area (Å²) in [5.41, 5.74) is 7.22. The van der Waals surface area contributed by atoms with Gasteiger partial charge >= 0.3 is 0 Å². The maximum absolute atomic E-state index is 2.35. The van der Waals surface area contributed by atoms with Crippen LogP contribution in [0, 0.1) is 0 Å². The smallest absolute Gasteiger partial charge is 0.00647 e. The molecule has 0 spiro atoms. The van der Waals surface area contributed by atoms with Gasteiger partial charge in [0.2, 0.25) is 0 Å². The molecule has 0 bridgehead atoms. The minimum absolute atomic E-state index is 1.08. The maximum Gasteiger partial charge on any atom is -0.00647 e. The molecule has 0 unspecified atom stereocenters. The zero-order valence-electron chi connectivity index (χ0n) is 9.96. The highest BCUT2D eigenvalue weighted by atomic mass is 14.2. The van der Waals surface area contributed by atoms with Gasteiger partial charge in [-0.1, -0.05) is 42.5 Å². The highest BCUT2D eigenvalue weighted by Crippen LogP contribution is 2.38. The van der Waals surface area contributed by atoms with Crippen LogP contribution in [0.15, 0.2) is 36.4 Å². The Balaban J connectivity index is 2.27. The Kier molecular flexibility index (Phi) is 1.69. The Morgan fingerprint density at radius 3 is 2.59 bits per heavy atom. The van der Waals surface area contributed by atoms with Crippen molar-refractivity contribution in [3.8, 4) is 0 Å². The van der Waals surface area contributed by atoms with Gasteiger partial charge in [-0.15, -0.1) is 0 Å². The molecular formula is C17H14. The lowest BCUT2D eigenvalue weighted by Crippen LogP contribution is -2.02. The van der Waals surface area contributed by atoms with Crippen molar-refractivity contribution in [2.45, 2.75) is 19.8 Å². The monoisotopic (exact) mass is 218 g/mol. The second-order valence-electron chi connectivity index (χ2n) is 5.03. The molecule has 0 atom stereocenters. The van der Waals surface area contributed by atoms with E-state index in [0.717, 1.165) is 12.8 Å². The first-order valence-electron chi connectivity index (χ1n) is 6.26. The van der Waals surface area contributed by atoms with E-state index in [2.05, 4.69) is 49.4 Å². The molecule has 0 aromatic heterocycles. The predicted molar refractivity (Wildman–Crippen MR) is 74.0 cm³/mol. The third kappa shape index (κ3) is 1.13. The summed E-state index contributed by atoms with van der Waals surface area (Å²) in [6.07, 6.45) is 9.05. The number of benzene rings is 2. The van der Waals surface area contributed by atoms with E-state index in [1.807, 2.05) is 0 Å². The van der Waals surface area contributed by atoms with E-state index >= 15 is 0 Å². The second-order valence-corrected chi connectivity index (χ2v) is 5.03. The molecule has 2 aliphatic rings. The average Bonchev–Trinajstić information content (AvgIpc) is 2.38. The lowest BCUT2D eigenvalue weighted by Gasteiger charge is -2.21. The van der Waals surface area contributed by atoms with Gasteiger partial charge in [-0.3, -0.25) is 0 Å². The van der Waals surface area contributed by atoms with Gasteiger partial charge in [-0.2, -0.15) is 0 Å². The van der Waals surface area contributed by atoms with Crippen LogP contribution in [0.2, 0.25) is 0 Å². The van der Waals surface area contributed by atoms with E-state index in [-0.39, 0.29) is 0 Å². The van der Waals surface area contributed by atoms with Crippen molar-refractivity contribution in [3.05, 3.63) is 58.7 Å². The molecular weight excluding hydrogens is 204 g/mol. The van der Waals surface area contributed by atoms with E-state index in [0.29, 0.717) is 0 Å². The fourth-order valence-electron chi connectivity index (χ4n) is 3.16. The van der Waals surface area contributed by atoms with Crippen LogP contribution >= 0.6 is 0 Å². The Morgan fingerprint density at radius 2 is 1.71 bits per heavy atom. The van der Waals surface area contributed by atoms with Gasteiger partial charge in [0.15, 0.2) is 0 Å². The van der Waals surface area contributed by atoms with Crippen LogP contribution < -0.4 is 0 Å². The number of rotatable bonds is 0. The van der Waals surface area contributed by atoms with Gasteiger partial charge in [-0.25, -0.2) is 0 Å². The first-order chi connectivity index (χ1) is 8.34. The van der Waals surface area contributed by atoms with Crippen molar-refractivity contribution in [1.82, 2.24) is 0 Å². The fourth-order valence-corrected chi connectivity index (χ4v) is 3.16. The number of hydrogen-bond acceptors (Lipinski definition) is 0. The molecule has 82 valence electrons. The lowest BCUT2D eigenvalue weighted by atomic mass is 9.83. The Labute approximate surface area is 101 Å². The molecule has 2 aromatic carbocycles. The normalized spacial score (nSPS) is 16.2. The van der Waals surface area contributed by atoms with Gasteiger partial charge in [0.05, 0.1) is 0 Å². The summed E-state index contributed by atoms with van der Waals surface area (Å²) in [6, 6.07) is 9.17. The SMILES string of the molecule is CC1=CCc2ccc3c4c(ccc1c24)C=CC3. The molecule has 4 rings (SSSR count). The third-order valence-corrected chi connectivity index (χ3v) is 4.05. The first kappa shape index (κ1) is 9.23. The molecule has 0 N–H and O–H groups in total. The lowest BCUT2D eigenvalue weighted by molar-refractivity contribution is 1.23. The summed E-state index contributed by atoms with van der Waals surface area (Å²) in [6.45, 7) is 2.23. The quantitative estimate of drug-likeness (QED) is 0.616. The highest BCUT2D eigenvalue weighted by Gasteiger charge is 2.17. The van der Waals surface area contributed by atoms with Crippen molar-refractivity contribution >= 4 is 22.4 Å². The average molecular weight is 218 g/mol. The van der Waals surface area contributed by atoms with Crippen molar-refractivity contribution in [2.24, 2.45) is 0 Å². The van der Waals surface area contributed by atoms with E-state index in [1.165, 1.54) is 38.6 Å². The molecule has 0 radical (unpaired) electrons. The number of hydrogen-bond donors (Lipinski definition) is 0. The molecule has 2 aromatic rings. The van der Waals surface area contributed by atoms with Gasteiger partial charge < -0.3 is 0 Å². The molecule has 0 nitrogen and oxygen atoms in total. The first-order valence-corrected chi connectivity index (χ1v) is 6.26. The third-order valence-electron chi connectivity index (χ3n) is 4.05. The Bertz CT molecular complexity index is 700. The van der Waals surface area contributed by atoms with Crippen LogP contribution in [-0.4, -0.2) is 0 Å². The van der Waals surface area contributed by atoms with Crippen LogP contribution in [0.25, 0.3) is 22.4 Å². The van der Waals surface area contributed by atoms with Crippen LogP contribution in [0.5, 0.6) is 0 Å². The topological polar surface area (TPSA) is 0 Å². The summed E-state index contributed by atoms with van der Waals surface area (Å²) in [4.78, 5) is 0. The molecule has 0 aliphatic heterocycles. The molecule has 0 saturated carbocycles. The fraction of sp³-hybridized carbons (Fsp3) is 0.176. The van der Waals surface area contributed by atoms with Gasteiger partial charge in [-0.05, 0) is 58.4 Å². The molecule has 0 amide bonds. The molecule has 2 aliphatic carbocycles. The van der Waals surface area contributed by atoms with E-state index < -0.39 is 0 Å². The summed E-state index contributed by atoms with van der Waals surface area (Å²) in [5, 5.41) is 3.00. The molecule has 17 heavy (non-hydrogen) atoms. The van der Waals surface area contributed by atoms with Gasteiger partial charge in [0.25, 0.3) is 0 Å². The molecule has 0 saturated heterocycles. The van der Waals surface area contributed by atoms with Gasteiger partial charge in [0, 0.05) is 0 Å². The standard InChI is InChI=1S/C17H14/c1-11-5-6-14-8-7-12-3-2-4-13-9-10-15(11)17(14)16(12)13/h2,4-5,7-10H,3,6H2,1H3. The minimum atomic E-state index is 1.08. The molecule has 0 heterocycles. The predicted octanol–water partition coefficient (Wildman–Crippen LogP) is 4.37. The largest absolute Gasteiger partial charge is 0.0795 e. The van der Waals surface area contributed by atoms with Crippen LogP contribution in [0.1, 0.15) is 29.2 Å². The van der Waals surface area contributed by atoms with Gasteiger partial charge in [0.1, 0.15) is 0 Å². The van der Waals surface area contributed by atoms with Crippen molar-refractivity contribution < 1.29 is 0 Å². The maximum atomic E-state index is 2.35. The van der Waals surface area contributed by atoms with Crippen molar-refractivity contribution in [1.29, 1.82) is 0 Å². The van der Waals surface area contributed by atoms with E-state index in [1.54, 1.807) is 0 Å². The van der Waals surface area contributed by atoms with E-state index in [9.17, 15) is 0 Å². The summed E-state index contributed by atoms with van der Waals surface area (Å²) >= 11 is 0. The zero-order chi connectivity index (χ0) is 11.4. The number of allylic oxidation sites excluding steroid dienone is 3. The summed E-state index contributed by atoms with van der Waals surface area (Å²) in [5.74, 6) is 0. The summed E-state index contributed by atoms with van der Waals surface area (Å²) < 4.78 is 0. The van der Waals surface area contributed by atoms with Crippen LogP contribution in [-0.2, 0) is 12.8 Å². The minimum Gasteiger partial charge on any atom is -0.0795 e. The van der Waals surface area contributed by atoms with E-state index in [4.69, 9.17) is 0 Å². The van der Waals surface area contributed by atoms with Crippen LogP contribution in [0.3, 0.4) is 0 Å². The Hall–Kier alpha value is -1.82. The molecule has 0 fully saturated rings. The zero-order valence-corrected chi connectivity index (χ0v) is 9.96. The second kappa shape index (κ2) is 3.10. The Morgan fingerprint density at radius 1 is 0.882 bits per heavy atom. The highest BCUT2D eigenvalue weighted by molar-refractivity contribution is 6.04. The summed E-state index contributed by atoms with van der Waals surface area (Å²) in [7, 11) is 0.